The smallest absolute Gasteiger partial charge is 0.224 e. The number of nitrogens with two attached hydrogens (primary N) is 1. The van der Waals surface area contributed by atoms with E-state index in [4.69, 9.17) is 10.5 Å². The van der Waals surface area contributed by atoms with E-state index in [1.807, 2.05) is 24.3 Å². The van der Waals surface area contributed by atoms with Crippen LogP contribution in [0.15, 0.2) is 54.6 Å². The molecule has 30 heavy (non-hydrogen) atoms. The van der Waals surface area contributed by atoms with Gasteiger partial charge in [0.2, 0.25) is 5.91 Å². The molecule has 0 bridgehead atoms. The zero-order valence-corrected chi connectivity index (χ0v) is 18.9. The fraction of sp³-hybridized carbons (Fsp3) is 0.435. The second-order valence-electron chi connectivity index (χ2n) is 7.45. The highest BCUT2D eigenvalue weighted by Gasteiger charge is 2.19. The second-order valence-corrected chi connectivity index (χ2v) is 7.45. The van der Waals surface area contributed by atoms with Gasteiger partial charge in [-0.25, -0.2) is 0 Å². The molecule has 1 saturated heterocycles. The van der Waals surface area contributed by atoms with Crippen molar-refractivity contribution in [2.45, 2.75) is 38.3 Å². The summed E-state index contributed by atoms with van der Waals surface area (Å²) in [7, 11) is 0. The normalized spacial score (nSPS) is 14.4. The number of amides is 1. The Morgan fingerprint density at radius 3 is 2.33 bits per heavy atom. The van der Waals surface area contributed by atoms with E-state index in [0.29, 0.717) is 31.4 Å². The van der Waals surface area contributed by atoms with Crippen molar-refractivity contribution in [3.8, 4) is 0 Å². The van der Waals surface area contributed by atoms with Gasteiger partial charge in [-0.2, -0.15) is 0 Å². The molecule has 0 aromatic heterocycles. The number of rotatable bonds is 9. The summed E-state index contributed by atoms with van der Waals surface area (Å²) in [4.78, 5) is 14.5. The summed E-state index contributed by atoms with van der Waals surface area (Å²) in [5.74, 6) is 0.0407. The molecule has 5 nitrogen and oxygen atoms in total. The lowest BCUT2D eigenvalue weighted by molar-refractivity contribution is -0.120. The van der Waals surface area contributed by atoms with Crippen LogP contribution in [0.2, 0.25) is 0 Å². The first-order valence-corrected chi connectivity index (χ1v) is 10.2. The minimum Gasteiger partial charge on any atom is -0.399 e. The molecule has 0 spiro atoms. The van der Waals surface area contributed by atoms with Crippen LogP contribution in [0.4, 0.5) is 5.69 Å². The Balaban J connectivity index is 0.00000225. The first kappa shape index (κ1) is 26.2. The number of likely N-dealkylation sites (tertiary alicyclic amines) is 1. The van der Waals surface area contributed by atoms with Crippen LogP contribution < -0.4 is 11.1 Å². The highest BCUT2D eigenvalue weighted by molar-refractivity contribution is 5.85. The third-order valence-corrected chi connectivity index (χ3v) is 5.12. The monoisotopic (exact) mass is 453 g/mol. The van der Waals surface area contributed by atoms with E-state index in [1.165, 1.54) is 5.56 Å². The summed E-state index contributed by atoms with van der Waals surface area (Å²) in [5.41, 5.74) is 8.72. The third-order valence-electron chi connectivity index (χ3n) is 5.12. The molecule has 1 heterocycles. The van der Waals surface area contributed by atoms with Gasteiger partial charge in [-0.1, -0.05) is 42.5 Å². The predicted molar refractivity (Wildman–Crippen MR) is 127 cm³/mol. The zero-order chi connectivity index (χ0) is 19.6. The molecule has 0 aliphatic carbocycles. The number of carbonyl (C=O) groups excluding carboxylic acids is 1. The molecule has 0 unspecified atom stereocenters. The van der Waals surface area contributed by atoms with Crippen molar-refractivity contribution in [1.29, 1.82) is 0 Å². The lowest BCUT2D eigenvalue weighted by Gasteiger charge is -2.32. The number of anilines is 1. The number of halogens is 2. The number of nitrogen functional groups attached to an aromatic ring is 1. The highest BCUT2D eigenvalue weighted by Crippen LogP contribution is 2.16. The summed E-state index contributed by atoms with van der Waals surface area (Å²) >= 11 is 0. The van der Waals surface area contributed by atoms with E-state index in [0.717, 1.165) is 44.5 Å². The molecule has 3 N–H and O–H groups in total. The predicted octanol–water partition coefficient (Wildman–Crippen LogP) is 3.84. The lowest BCUT2D eigenvalue weighted by atomic mass is 10.1. The molecule has 166 valence electrons. The van der Waals surface area contributed by atoms with Crippen LogP contribution in [0.5, 0.6) is 0 Å². The Bertz CT molecular complexity index is 721. The Kier molecular flexibility index (Phi) is 12.5. The maximum Gasteiger partial charge on any atom is 0.224 e. The van der Waals surface area contributed by atoms with E-state index >= 15 is 0 Å². The average molecular weight is 454 g/mol. The summed E-state index contributed by atoms with van der Waals surface area (Å²) in [6.45, 7) is 4.54. The van der Waals surface area contributed by atoms with Crippen LogP contribution in [0.25, 0.3) is 0 Å². The van der Waals surface area contributed by atoms with Gasteiger partial charge in [0.25, 0.3) is 0 Å². The van der Waals surface area contributed by atoms with Crippen molar-refractivity contribution in [3.05, 3.63) is 65.7 Å². The summed E-state index contributed by atoms with van der Waals surface area (Å²) < 4.78 is 6.00. The summed E-state index contributed by atoms with van der Waals surface area (Å²) in [5, 5.41) is 2.96. The topological polar surface area (TPSA) is 67.6 Å². The molecule has 1 fully saturated rings. The number of piperidine rings is 1. The van der Waals surface area contributed by atoms with Gasteiger partial charge < -0.3 is 15.8 Å². The van der Waals surface area contributed by atoms with Crippen LogP contribution in [0.3, 0.4) is 0 Å². The van der Waals surface area contributed by atoms with E-state index in [2.05, 4.69) is 40.5 Å². The Labute approximate surface area is 192 Å². The first-order valence-electron chi connectivity index (χ1n) is 10.2. The molecule has 3 rings (SSSR count). The van der Waals surface area contributed by atoms with E-state index < -0.39 is 0 Å². The van der Waals surface area contributed by atoms with Gasteiger partial charge in [0.1, 0.15) is 0 Å². The molecular formula is C23H33Cl2N3O2. The number of nitrogens with zero attached hydrogens (tertiary/aromatic N) is 1. The van der Waals surface area contributed by atoms with Gasteiger partial charge in [-0.15, -0.1) is 24.8 Å². The van der Waals surface area contributed by atoms with Crippen molar-refractivity contribution >= 4 is 36.4 Å². The van der Waals surface area contributed by atoms with Crippen LogP contribution in [0.1, 0.15) is 30.4 Å². The van der Waals surface area contributed by atoms with Gasteiger partial charge in [-0.3, -0.25) is 9.69 Å². The molecule has 1 amide bonds. The Morgan fingerprint density at radius 1 is 1.00 bits per heavy atom. The maximum atomic E-state index is 12.0. The Morgan fingerprint density at radius 2 is 1.67 bits per heavy atom. The zero-order valence-electron chi connectivity index (χ0n) is 17.3. The van der Waals surface area contributed by atoms with Crippen molar-refractivity contribution < 1.29 is 9.53 Å². The highest BCUT2D eigenvalue weighted by atomic mass is 35.5. The molecule has 1 aliphatic rings. The third kappa shape index (κ3) is 9.35. The van der Waals surface area contributed by atoms with Gasteiger partial charge in [-0.05, 0) is 42.5 Å². The first-order chi connectivity index (χ1) is 13.7. The van der Waals surface area contributed by atoms with E-state index in [9.17, 15) is 4.79 Å². The number of carbonyl (C=O) groups is 1. The number of nitrogens with one attached hydrogen (secondary N) is 1. The fourth-order valence-corrected chi connectivity index (χ4v) is 3.51. The van der Waals surface area contributed by atoms with Crippen LogP contribution >= 0.6 is 24.8 Å². The molecule has 0 saturated carbocycles. The second kappa shape index (κ2) is 14.3. The summed E-state index contributed by atoms with van der Waals surface area (Å²) in [6, 6.07) is 18.0. The number of hydrogen-bond donors (Lipinski definition) is 2. The standard InChI is InChI=1S/C23H31N3O2.2ClH/c24-21-9-7-19(8-10-21)17-23(27)25-13-4-16-28-22-11-14-26(15-12-22)18-20-5-2-1-3-6-20;;/h1-3,5-10,22H,4,11-18,24H2,(H,25,27);2*1H. The van der Waals surface area contributed by atoms with Crippen molar-refractivity contribution in [3.63, 3.8) is 0 Å². The van der Waals surface area contributed by atoms with Crippen LogP contribution in [-0.4, -0.2) is 43.2 Å². The molecule has 2 aromatic carbocycles. The number of benzene rings is 2. The molecule has 1 aliphatic heterocycles. The van der Waals surface area contributed by atoms with Crippen LogP contribution in [0, 0.1) is 0 Å². The van der Waals surface area contributed by atoms with Crippen LogP contribution in [-0.2, 0) is 22.5 Å². The maximum absolute atomic E-state index is 12.0. The van der Waals surface area contributed by atoms with Gasteiger partial charge in [0.15, 0.2) is 0 Å². The van der Waals surface area contributed by atoms with Crippen molar-refractivity contribution in [2.75, 3.05) is 32.0 Å². The number of ether oxygens (including phenoxy) is 1. The van der Waals surface area contributed by atoms with Gasteiger partial charge >= 0.3 is 0 Å². The lowest BCUT2D eigenvalue weighted by Crippen LogP contribution is -2.37. The molecule has 0 atom stereocenters. The SMILES string of the molecule is Cl.Cl.Nc1ccc(CC(=O)NCCCOC2CCN(Cc3ccccc3)CC2)cc1. The average Bonchev–Trinajstić information content (AvgIpc) is 2.71. The molecule has 0 radical (unpaired) electrons. The van der Waals surface area contributed by atoms with Gasteiger partial charge in [0.05, 0.1) is 12.5 Å². The molecule has 7 heteroatoms. The van der Waals surface area contributed by atoms with Crippen molar-refractivity contribution in [1.82, 2.24) is 10.2 Å². The fourth-order valence-electron chi connectivity index (χ4n) is 3.51. The quantitative estimate of drug-likeness (QED) is 0.446. The van der Waals surface area contributed by atoms with E-state index in [1.54, 1.807) is 0 Å². The Hall–Kier alpha value is -1.79. The number of hydrogen-bond acceptors (Lipinski definition) is 4. The molecular weight excluding hydrogens is 421 g/mol. The minimum absolute atomic E-state index is 0. The summed E-state index contributed by atoms with van der Waals surface area (Å²) in [6.07, 6.45) is 3.74. The largest absolute Gasteiger partial charge is 0.399 e. The molecule has 2 aromatic rings. The minimum atomic E-state index is 0. The van der Waals surface area contributed by atoms with Gasteiger partial charge in [0, 0.05) is 38.5 Å². The van der Waals surface area contributed by atoms with E-state index in [-0.39, 0.29) is 30.7 Å². The van der Waals surface area contributed by atoms with Crippen molar-refractivity contribution in [2.24, 2.45) is 0 Å².